The van der Waals surface area contributed by atoms with Crippen LogP contribution in [0.3, 0.4) is 0 Å². The van der Waals surface area contributed by atoms with Gasteiger partial charge in [0.1, 0.15) is 23.1 Å². The molecule has 0 aliphatic carbocycles. The van der Waals surface area contributed by atoms with Gasteiger partial charge in [0.2, 0.25) is 0 Å². The topological polar surface area (TPSA) is 43.2 Å². The molecule has 7 aromatic rings. The summed E-state index contributed by atoms with van der Waals surface area (Å²) in [5.74, 6) is 3.36. The van der Waals surface area contributed by atoms with Gasteiger partial charge < -0.3 is 4.74 Å². The van der Waals surface area contributed by atoms with E-state index in [1.54, 1.807) is 0 Å². The molecule has 0 unspecified atom stereocenters. The zero-order chi connectivity index (χ0) is 31.6. The monoisotopic (exact) mass is 600 g/mol. The van der Waals surface area contributed by atoms with Gasteiger partial charge in [0, 0.05) is 46.3 Å². The molecule has 0 amide bonds. The first-order valence-corrected chi connectivity index (χ1v) is 15.8. The lowest BCUT2D eigenvalue weighted by Gasteiger charge is -2.40. The van der Waals surface area contributed by atoms with Crippen molar-refractivity contribution in [3.63, 3.8) is 0 Å². The molecule has 0 bridgehead atoms. The summed E-state index contributed by atoms with van der Waals surface area (Å²) >= 11 is 0. The van der Waals surface area contributed by atoms with Crippen LogP contribution < -0.4 is 9.64 Å². The third-order valence-electron chi connectivity index (χ3n) is 9.29. The van der Waals surface area contributed by atoms with E-state index in [1.165, 1.54) is 22.1 Å². The molecular weight excluding hydrogens is 564 g/mol. The van der Waals surface area contributed by atoms with Crippen molar-refractivity contribution in [1.82, 2.24) is 14.5 Å². The Morgan fingerprint density at radius 3 is 2.26 bits per heavy atom. The van der Waals surface area contributed by atoms with E-state index in [0.29, 0.717) is 0 Å². The molecule has 0 radical (unpaired) electrons. The van der Waals surface area contributed by atoms with E-state index >= 15 is 0 Å². The zero-order valence-electron chi connectivity index (χ0n) is 26.8. The molecule has 0 spiro atoms. The number of anilines is 3. The average Bonchev–Trinajstić information content (AvgIpc) is 3.38. The highest BCUT2D eigenvalue weighted by atomic mass is 16.5. The van der Waals surface area contributed by atoms with E-state index < -0.39 is 0 Å². The molecule has 3 aromatic heterocycles. The lowest BCUT2D eigenvalue weighted by atomic mass is 9.74. The number of hydrogen-bond donors (Lipinski definition) is 0. The smallest absolute Gasteiger partial charge is 0.141 e. The van der Waals surface area contributed by atoms with E-state index in [1.807, 2.05) is 30.6 Å². The van der Waals surface area contributed by atoms with Crippen LogP contribution in [-0.2, 0) is 10.8 Å². The Bertz CT molecular complexity index is 2220. The Kier molecular flexibility index (Phi) is 6.30. The first-order valence-electron chi connectivity index (χ1n) is 15.8. The molecule has 0 N–H and O–H groups in total. The van der Waals surface area contributed by atoms with Gasteiger partial charge in [0.05, 0.1) is 22.4 Å². The summed E-state index contributed by atoms with van der Waals surface area (Å²) in [4.78, 5) is 12.0. The molecule has 0 atom stereocenters. The summed E-state index contributed by atoms with van der Waals surface area (Å²) < 4.78 is 8.87. The zero-order valence-corrected chi connectivity index (χ0v) is 26.8. The second-order valence-electron chi connectivity index (χ2n) is 13.6. The number of fused-ring (bicyclic) bond motifs is 5. The largest absolute Gasteiger partial charge is 0.457 e. The Morgan fingerprint density at radius 1 is 0.630 bits per heavy atom. The highest BCUT2D eigenvalue weighted by Gasteiger charge is 2.37. The highest BCUT2D eigenvalue weighted by molar-refractivity contribution is 6.09. The van der Waals surface area contributed by atoms with Crippen molar-refractivity contribution in [2.75, 3.05) is 4.90 Å². The van der Waals surface area contributed by atoms with Gasteiger partial charge in [-0.3, -0.25) is 9.47 Å². The fourth-order valence-corrected chi connectivity index (χ4v) is 6.87. The number of benzene rings is 4. The van der Waals surface area contributed by atoms with Crippen LogP contribution in [0.5, 0.6) is 11.5 Å². The van der Waals surface area contributed by atoms with E-state index in [0.717, 1.165) is 50.9 Å². The van der Waals surface area contributed by atoms with Gasteiger partial charge >= 0.3 is 0 Å². The predicted molar refractivity (Wildman–Crippen MR) is 188 cm³/mol. The van der Waals surface area contributed by atoms with E-state index in [2.05, 4.69) is 141 Å². The first-order chi connectivity index (χ1) is 22.2. The van der Waals surface area contributed by atoms with Crippen molar-refractivity contribution in [3.8, 4) is 17.3 Å². The minimum atomic E-state index is -0.167. The molecule has 0 saturated carbocycles. The lowest BCUT2D eigenvalue weighted by molar-refractivity contribution is 0.483. The lowest BCUT2D eigenvalue weighted by Crippen LogP contribution is -2.31. The van der Waals surface area contributed by atoms with Crippen molar-refractivity contribution >= 4 is 39.0 Å². The van der Waals surface area contributed by atoms with E-state index in [4.69, 9.17) is 14.7 Å². The number of rotatable bonds is 4. The SMILES string of the molecule is CC(C)(C)c1ccnc(-n2c3ccccc3c3ccc(Oc4cccc(N5c6ccccc6C(C)(C)c6cccnc65)c4)cc32)c1. The summed E-state index contributed by atoms with van der Waals surface area (Å²) in [6.45, 7) is 11.2. The summed E-state index contributed by atoms with van der Waals surface area (Å²) in [6, 6.07) is 40.3. The Balaban J connectivity index is 1.22. The van der Waals surface area contributed by atoms with Gasteiger partial charge in [-0.15, -0.1) is 0 Å². The maximum Gasteiger partial charge on any atom is 0.141 e. The van der Waals surface area contributed by atoms with Crippen molar-refractivity contribution in [2.24, 2.45) is 0 Å². The van der Waals surface area contributed by atoms with Gasteiger partial charge in [0.15, 0.2) is 0 Å². The molecule has 0 fully saturated rings. The summed E-state index contributed by atoms with van der Waals surface area (Å²) in [6.07, 6.45) is 3.78. The van der Waals surface area contributed by atoms with Gasteiger partial charge in [0.25, 0.3) is 0 Å². The standard InChI is InChI=1S/C41H36N4O/c1-40(2,3)27-21-23-42-38(24-27)45-35-17-8-6-14-31(35)32-20-19-30(26-37(32)45)46-29-13-10-12-28(25-29)44-36-18-9-7-15-33(36)41(4,5)34-16-11-22-43-39(34)44/h6-26H,1-5H3. The predicted octanol–water partition coefficient (Wildman–Crippen LogP) is 10.8. The van der Waals surface area contributed by atoms with Crippen LogP contribution >= 0.6 is 0 Å². The molecular formula is C41H36N4O. The molecule has 5 nitrogen and oxygen atoms in total. The molecule has 1 aliphatic rings. The van der Waals surface area contributed by atoms with Gasteiger partial charge in [-0.25, -0.2) is 9.97 Å². The van der Waals surface area contributed by atoms with Crippen LogP contribution in [-0.4, -0.2) is 14.5 Å². The van der Waals surface area contributed by atoms with Crippen LogP contribution in [0.2, 0.25) is 0 Å². The summed E-state index contributed by atoms with van der Waals surface area (Å²) in [5.41, 5.74) is 7.85. The number of aromatic nitrogens is 3. The maximum absolute atomic E-state index is 6.62. The Labute approximate surface area is 269 Å². The molecule has 8 rings (SSSR count). The third-order valence-corrected chi connectivity index (χ3v) is 9.29. The number of para-hydroxylation sites is 2. The number of pyridine rings is 2. The highest BCUT2D eigenvalue weighted by Crippen LogP contribution is 2.51. The fraction of sp³-hybridized carbons (Fsp3) is 0.171. The number of ether oxygens (including phenoxy) is 1. The Morgan fingerprint density at radius 2 is 1.39 bits per heavy atom. The van der Waals surface area contributed by atoms with Crippen LogP contribution in [0.1, 0.15) is 51.3 Å². The van der Waals surface area contributed by atoms with Crippen molar-refractivity contribution in [1.29, 1.82) is 0 Å². The summed E-state index contributed by atoms with van der Waals surface area (Å²) in [5, 5.41) is 2.35. The van der Waals surface area contributed by atoms with Crippen molar-refractivity contribution in [3.05, 3.63) is 144 Å². The molecule has 4 heterocycles. The molecule has 46 heavy (non-hydrogen) atoms. The minimum absolute atomic E-state index is 0.0103. The van der Waals surface area contributed by atoms with E-state index in [-0.39, 0.29) is 10.8 Å². The van der Waals surface area contributed by atoms with Crippen molar-refractivity contribution < 1.29 is 4.74 Å². The first kappa shape index (κ1) is 28.1. The normalized spacial score (nSPS) is 13.9. The summed E-state index contributed by atoms with van der Waals surface area (Å²) in [7, 11) is 0. The molecule has 4 aromatic carbocycles. The van der Waals surface area contributed by atoms with Crippen LogP contribution in [0.4, 0.5) is 17.2 Å². The van der Waals surface area contributed by atoms with Gasteiger partial charge in [-0.1, -0.05) is 83.1 Å². The molecule has 5 heteroatoms. The second-order valence-corrected chi connectivity index (χ2v) is 13.6. The van der Waals surface area contributed by atoms with Gasteiger partial charge in [-0.2, -0.15) is 0 Å². The van der Waals surface area contributed by atoms with Crippen LogP contribution in [0, 0.1) is 0 Å². The maximum atomic E-state index is 6.62. The average molecular weight is 601 g/mol. The van der Waals surface area contributed by atoms with Crippen LogP contribution in [0.15, 0.2) is 128 Å². The fourth-order valence-electron chi connectivity index (χ4n) is 6.87. The third kappa shape index (κ3) is 4.46. The minimum Gasteiger partial charge on any atom is -0.457 e. The van der Waals surface area contributed by atoms with Crippen molar-refractivity contribution in [2.45, 2.75) is 45.4 Å². The van der Waals surface area contributed by atoms with Gasteiger partial charge in [-0.05, 0) is 71.1 Å². The quantitative estimate of drug-likeness (QED) is 0.202. The second kappa shape index (κ2) is 10.3. The molecule has 0 saturated heterocycles. The van der Waals surface area contributed by atoms with E-state index in [9.17, 15) is 0 Å². The number of hydrogen-bond acceptors (Lipinski definition) is 4. The Hall–Kier alpha value is -5.42. The number of nitrogens with zero attached hydrogens (tertiary/aromatic N) is 4. The molecule has 1 aliphatic heterocycles. The molecule has 226 valence electrons. The van der Waals surface area contributed by atoms with Crippen LogP contribution in [0.25, 0.3) is 27.6 Å².